The van der Waals surface area contributed by atoms with Gasteiger partial charge in [-0.3, -0.25) is 0 Å². The third-order valence-electron chi connectivity index (χ3n) is 3.96. The van der Waals surface area contributed by atoms with E-state index in [1.807, 2.05) is 0 Å². The lowest BCUT2D eigenvalue weighted by Crippen LogP contribution is -2.28. The minimum atomic E-state index is -0.491. The van der Waals surface area contributed by atoms with Crippen LogP contribution in [0.2, 0.25) is 0 Å². The summed E-state index contributed by atoms with van der Waals surface area (Å²) in [6.45, 7) is 2.53. The quantitative estimate of drug-likeness (QED) is 0.620. The minimum Gasteiger partial charge on any atom is -0.310 e. The molecule has 0 saturated heterocycles. The zero-order valence-electron chi connectivity index (χ0n) is 11.2. The Bertz CT molecular complexity index is 436. The molecule has 4 heteroatoms. The van der Waals surface area contributed by atoms with E-state index < -0.39 is 11.6 Å². The van der Waals surface area contributed by atoms with Gasteiger partial charge >= 0.3 is 0 Å². The predicted octanol–water partition coefficient (Wildman–Crippen LogP) is 4.79. The van der Waals surface area contributed by atoms with Crippen LogP contribution in [0.1, 0.15) is 44.6 Å². The van der Waals surface area contributed by atoms with Crippen molar-refractivity contribution in [3.05, 3.63) is 33.8 Å². The number of hydrogen-bond donors (Lipinski definition) is 1. The molecule has 1 aliphatic rings. The summed E-state index contributed by atoms with van der Waals surface area (Å²) in [6.07, 6.45) is 5.85. The second kappa shape index (κ2) is 6.80. The van der Waals surface area contributed by atoms with E-state index in [2.05, 4.69) is 28.2 Å². The summed E-state index contributed by atoms with van der Waals surface area (Å²) in [5.41, 5.74) is 0.131. The fraction of sp³-hybridized carbons (Fsp3) is 0.600. The van der Waals surface area contributed by atoms with Crippen molar-refractivity contribution < 1.29 is 8.78 Å². The minimum absolute atomic E-state index is 0.131. The molecule has 2 rings (SSSR count). The molecule has 0 radical (unpaired) electrons. The first-order chi connectivity index (χ1) is 9.08. The van der Waals surface area contributed by atoms with Crippen LogP contribution in [-0.2, 0) is 6.54 Å². The van der Waals surface area contributed by atoms with Gasteiger partial charge in [-0.2, -0.15) is 0 Å². The number of halogens is 3. The van der Waals surface area contributed by atoms with E-state index in [4.69, 9.17) is 0 Å². The summed E-state index contributed by atoms with van der Waals surface area (Å²) in [5.74, 6) is -0.198. The van der Waals surface area contributed by atoms with Crippen LogP contribution in [0.3, 0.4) is 0 Å². The van der Waals surface area contributed by atoms with Gasteiger partial charge < -0.3 is 5.32 Å². The molecular formula is C15H20BrF2N. The molecule has 0 bridgehead atoms. The van der Waals surface area contributed by atoms with Crippen LogP contribution < -0.4 is 5.32 Å². The number of nitrogens with one attached hydrogen (secondary N) is 1. The maximum absolute atomic E-state index is 13.8. The normalized spacial score (nSPS) is 24.2. The van der Waals surface area contributed by atoms with E-state index in [1.165, 1.54) is 31.4 Å². The Morgan fingerprint density at radius 3 is 2.79 bits per heavy atom. The largest absolute Gasteiger partial charge is 0.310 e. The summed E-state index contributed by atoms with van der Waals surface area (Å²) in [7, 11) is 0. The van der Waals surface area contributed by atoms with Crippen LogP contribution in [-0.4, -0.2) is 6.04 Å². The third kappa shape index (κ3) is 3.99. The molecule has 0 heterocycles. The van der Waals surface area contributed by atoms with E-state index in [-0.39, 0.29) is 12.1 Å². The lowest BCUT2D eigenvalue weighted by Gasteiger charge is -2.17. The van der Waals surface area contributed by atoms with E-state index in [0.29, 0.717) is 10.5 Å². The monoisotopic (exact) mass is 331 g/mol. The maximum Gasteiger partial charge on any atom is 0.144 e. The highest BCUT2D eigenvalue weighted by Gasteiger charge is 2.18. The van der Waals surface area contributed by atoms with Crippen LogP contribution in [0.25, 0.3) is 0 Å². The summed E-state index contributed by atoms with van der Waals surface area (Å²) >= 11 is 3.10. The van der Waals surface area contributed by atoms with Crippen molar-refractivity contribution in [3.63, 3.8) is 0 Å². The van der Waals surface area contributed by atoms with Crippen molar-refractivity contribution in [2.45, 2.75) is 51.6 Å². The Morgan fingerprint density at radius 2 is 2.00 bits per heavy atom. The Labute approximate surface area is 121 Å². The lowest BCUT2D eigenvalue weighted by molar-refractivity contribution is 0.434. The van der Waals surface area contributed by atoms with Crippen LogP contribution in [0.5, 0.6) is 0 Å². The highest BCUT2D eigenvalue weighted by atomic mass is 79.9. The number of rotatable bonds is 3. The Kier molecular flexibility index (Phi) is 5.34. The van der Waals surface area contributed by atoms with Crippen LogP contribution in [0.15, 0.2) is 16.6 Å². The third-order valence-corrected chi connectivity index (χ3v) is 4.58. The maximum atomic E-state index is 13.8. The van der Waals surface area contributed by atoms with Crippen molar-refractivity contribution >= 4 is 15.9 Å². The number of benzene rings is 1. The smallest absolute Gasteiger partial charge is 0.144 e. The molecule has 1 aliphatic carbocycles. The zero-order chi connectivity index (χ0) is 13.8. The Balaban J connectivity index is 1.97. The average Bonchev–Trinajstić information content (AvgIpc) is 2.59. The Morgan fingerprint density at radius 1 is 1.21 bits per heavy atom. The summed E-state index contributed by atoms with van der Waals surface area (Å²) in [5, 5.41) is 3.31. The molecular weight excluding hydrogens is 312 g/mol. The highest BCUT2D eigenvalue weighted by molar-refractivity contribution is 9.10. The number of hydrogen-bond acceptors (Lipinski definition) is 1. The van der Waals surface area contributed by atoms with Gasteiger partial charge in [0.25, 0.3) is 0 Å². The zero-order valence-corrected chi connectivity index (χ0v) is 12.8. The fourth-order valence-corrected chi connectivity index (χ4v) is 3.04. The molecule has 1 saturated carbocycles. The molecule has 1 N–H and O–H groups in total. The molecule has 2 atom stereocenters. The topological polar surface area (TPSA) is 12.0 Å². The van der Waals surface area contributed by atoms with Gasteiger partial charge in [0.2, 0.25) is 0 Å². The fourth-order valence-electron chi connectivity index (χ4n) is 2.67. The SMILES string of the molecule is CC1CCCC(NCc2c(F)ccc(Br)c2F)CC1. The van der Waals surface area contributed by atoms with E-state index in [1.54, 1.807) is 0 Å². The van der Waals surface area contributed by atoms with Gasteiger partial charge in [0, 0.05) is 18.2 Å². The van der Waals surface area contributed by atoms with Crippen LogP contribution >= 0.6 is 15.9 Å². The van der Waals surface area contributed by atoms with Gasteiger partial charge in [0.05, 0.1) is 4.47 Å². The van der Waals surface area contributed by atoms with Crippen LogP contribution in [0.4, 0.5) is 8.78 Å². The lowest BCUT2D eigenvalue weighted by atomic mass is 10.0. The summed E-state index contributed by atoms with van der Waals surface area (Å²) in [6, 6.07) is 3.09. The van der Waals surface area contributed by atoms with Gasteiger partial charge in [-0.05, 0) is 53.2 Å². The van der Waals surface area contributed by atoms with Crippen molar-refractivity contribution in [1.82, 2.24) is 5.32 Å². The van der Waals surface area contributed by atoms with E-state index >= 15 is 0 Å². The summed E-state index contributed by atoms with van der Waals surface area (Å²) in [4.78, 5) is 0. The van der Waals surface area contributed by atoms with Gasteiger partial charge in [0.15, 0.2) is 0 Å². The van der Waals surface area contributed by atoms with Gasteiger partial charge in [-0.1, -0.05) is 19.8 Å². The molecule has 0 spiro atoms. The molecule has 19 heavy (non-hydrogen) atoms. The van der Waals surface area contributed by atoms with Crippen LogP contribution in [0, 0.1) is 17.6 Å². The highest BCUT2D eigenvalue weighted by Crippen LogP contribution is 2.24. The first kappa shape index (κ1) is 14.9. The first-order valence-electron chi connectivity index (χ1n) is 6.93. The molecule has 1 aromatic rings. The Hall–Kier alpha value is -0.480. The molecule has 0 aromatic heterocycles. The standard InChI is InChI=1S/C15H20BrF2N/c1-10-3-2-4-11(6-5-10)19-9-12-14(17)8-7-13(16)15(12)18/h7-8,10-11,19H,2-6,9H2,1H3. The predicted molar refractivity (Wildman–Crippen MR) is 76.9 cm³/mol. The molecule has 1 fully saturated rings. The molecule has 1 aromatic carbocycles. The van der Waals surface area contributed by atoms with Crippen molar-refractivity contribution in [2.24, 2.45) is 5.92 Å². The second-order valence-corrected chi connectivity index (χ2v) is 6.37. The summed E-state index contributed by atoms with van der Waals surface area (Å²) < 4.78 is 27.8. The second-order valence-electron chi connectivity index (χ2n) is 5.51. The van der Waals surface area contributed by atoms with E-state index in [0.717, 1.165) is 18.8 Å². The van der Waals surface area contributed by atoms with Gasteiger partial charge in [0.1, 0.15) is 11.6 Å². The van der Waals surface area contributed by atoms with E-state index in [9.17, 15) is 8.78 Å². The van der Waals surface area contributed by atoms with Gasteiger partial charge in [-0.15, -0.1) is 0 Å². The van der Waals surface area contributed by atoms with Crippen molar-refractivity contribution in [1.29, 1.82) is 0 Å². The van der Waals surface area contributed by atoms with Crippen molar-refractivity contribution in [3.8, 4) is 0 Å². The van der Waals surface area contributed by atoms with Crippen molar-refractivity contribution in [2.75, 3.05) is 0 Å². The molecule has 0 amide bonds. The first-order valence-corrected chi connectivity index (χ1v) is 7.73. The molecule has 0 aliphatic heterocycles. The molecule has 1 nitrogen and oxygen atoms in total. The molecule has 106 valence electrons. The molecule has 2 unspecified atom stereocenters. The van der Waals surface area contributed by atoms with Gasteiger partial charge in [-0.25, -0.2) is 8.78 Å². The average molecular weight is 332 g/mol.